The molecule has 23 heavy (non-hydrogen) atoms. The van der Waals surface area contributed by atoms with E-state index < -0.39 is 0 Å². The van der Waals surface area contributed by atoms with Crippen molar-refractivity contribution in [3.8, 4) is 0 Å². The average Bonchev–Trinajstić information content (AvgIpc) is 3.17. The van der Waals surface area contributed by atoms with Gasteiger partial charge in [-0.3, -0.25) is 4.79 Å². The highest BCUT2D eigenvalue weighted by Crippen LogP contribution is 2.32. The Balaban J connectivity index is 1.52. The lowest BCUT2D eigenvalue weighted by atomic mass is 9.82. The number of amides is 1. The predicted octanol–water partition coefficient (Wildman–Crippen LogP) is 2.52. The minimum atomic E-state index is -0.101. The van der Waals surface area contributed by atoms with Gasteiger partial charge in [0.2, 0.25) is 5.91 Å². The van der Waals surface area contributed by atoms with E-state index in [1.54, 1.807) is 0 Å². The van der Waals surface area contributed by atoms with Gasteiger partial charge in [-0.2, -0.15) is 0 Å². The summed E-state index contributed by atoms with van der Waals surface area (Å²) < 4.78 is 2.15. The molecule has 0 radical (unpaired) electrons. The van der Waals surface area contributed by atoms with E-state index in [1.165, 1.54) is 11.1 Å². The molecule has 1 aromatic heterocycles. The molecule has 0 spiro atoms. The zero-order chi connectivity index (χ0) is 15.8. The van der Waals surface area contributed by atoms with Crippen LogP contribution in [0.3, 0.4) is 0 Å². The summed E-state index contributed by atoms with van der Waals surface area (Å²) in [7, 11) is 0. The van der Waals surface area contributed by atoms with Crippen molar-refractivity contribution in [3.63, 3.8) is 0 Å². The van der Waals surface area contributed by atoms with Crippen molar-refractivity contribution in [1.82, 2.24) is 20.1 Å². The fraction of sp³-hybridized carbons (Fsp3) is 0.500. The second kappa shape index (κ2) is 5.80. The maximum atomic E-state index is 12.8. The summed E-state index contributed by atoms with van der Waals surface area (Å²) in [6.45, 7) is 2.96. The van der Waals surface area contributed by atoms with Crippen LogP contribution in [0.2, 0.25) is 0 Å². The number of fused-ring (bicyclic) bond motifs is 2. The van der Waals surface area contributed by atoms with Crippen LogP contribution >= 0.6 is 0 Å². The third-order valence-corrected chi connectivity index (χ3v) is 5.07. The number of nitrogens with one attached hydrogen (secondary N) is 1. The van der Waals surface area contributed by atoms with Gasteiger partial charge in [-0.25, -0.2) is 0 Å². The number of benzene rings is 1. The van der Waals surface area contributed by atoms with Gasteiger partial charge in [0.15, 0.2) is 5.82 Å². The van der Waals surface area contributed by atoms with Crippen LogP contribution < -0.4 is 5.32 Å². The van der Waals surface area contributed by atoms with Gasteiger partial charge in [-0.15, -0.1) is 10.2 Å². The highest BCUT2D eigenvalue weighted by Gasteiger charge is 2.29. The minimum Gasteiger partial charge on any atom is -0.346 e. The van der Waals surface area contributed by atoms with Crippen LogP contribution in [0.5, 0.6) is 0 Å². The van der Waals surface area contributed by atoms with E-state index in [-0.39, 0.29) is 17.9 Å². The summed E-state index contributed by atoms with van der Waals surface area (Å²) in [6, 6.07) is 8.22. The van der Waals surface area contributed by atoms with Gasteiger partial charge in [0.25, 0.3) is 0 Å². The van der Waals surface area contributed by atoms with E-state index in [0.717, 1.165) is 50.3 Å². The molecule has 2 heterocycles. The highest BCUT2D eigenvalue weighted by molar-refractivity contribution is 5.84. The van der Waals surface area contributed by atoms with Gasteiger partial charge in [0, 0.05) is 13.0 Å². The molecular weight excluding hydrogens is 288 g/mol. The molecule has 1 N–H and O–H groups in total. The molecule has 2 aromatic rings. The van der Waals surface area contributed by atoms with E-state index in [2.05, 4.69) is 38.3 Å². The van der Waals surface area contributed by atoms with Crippen molar-refractivity contribution in [2.75, 3.05) is 0 Å². The Morgan fingerprint density at radius 2 is 2.13 bits per heavy atom. The van der Waals surface area contributed by atoms with Crippen LogP contribution in [0, 0.1) is 0 Å². The number of nitrogens with zero attached hydrogens (tertiary/aromatic N) is 3. The summed E-state index contributed by atoms with van der Waals surface area (Å²) in [5, 5.41) is 11.7. The highest BCUT2D eigenvalue weighted by atomic mass is 16.2. The molecule has 2 aliphatic rings. The zero-order valence-electron chi connectivity index (χ0n) is 13.5. The lowest BCUT2D eigenvalue weighted by Crippen LogP contribution is -2.34. The van der Waals surface area contributed by atoms with E-state index in [4.69, 9.17) is 0 Å². The Kier molecular flexibility index (Phi) is 3.63. The first-order valence-corrected chi connectivity index (χ1v) is 8.54. The summed E-state index contributed by atoms with van der Waals surface area (Å²) in [4.78, 5) is 12.8. The molecule has 120 valence electrons. The van der Waals surface area contributed by atoms with Crippen LogP contribution in [0.15, 0.2) is 24.3 Å². The molecule has 0 saturated heterocycles. The summed E-state index contributed by atoms with van der Waals surface area (Å²) >= 11 is 0. The Morgan fingerprint density at radius 1 is 1.26 bits per heavy atom. The molecule has 0 saturated carbocycles. The van der Waals surface area contributed by atoms with Gasteiger partial charge in [-0.1, -0.05) is 24.3 Å². The Bertz CT molecular complexity index is 736. The van der Waals surface area contributed by atoms with Crippen LogP contribution in [0.1, 0.15) is 60.9 Å². The van der Waals surface area contributed by atoms with E-state index in [1.807, 2.05) is 13.0 Å². The molecule has 5 nitrogen and oxygen atoms in total. The topological polar surface area (TPSA) is 59.8 Å². The Hall–Kier alpha value is -2.17. The predicted molar refractivity (Wildman–Crippen MR) is 87.0 cm³/mol. The van der Waals surface area contributed by atoms with Crippen molar-refractivity contribution < 1.29 is 4.79 Å². The number of carbonyl (C=O) groups is 1. The minimum absolute atomic E-state index is 0.0385. The normalized spacial score (nSPS) is 20.7. The average molecular weight is 310 g/mol. The summed E-state index contributed by atoms with van der Waals surface area (Å²) in [5.41, 5.74) is 2.50. The van der Waals surface area contributed by atoms with Crippen LogP contribution in [0.25, 0.3) is 0 Å². The van der Waals surface area contributed by atoms with Crippen molar-refractivity contribution in [3.05, 3.63) is 47.0 Å². The molecule has 0 bridgehead atoms. The first kappa shape index (κ1) is 14.4. The van der Waals surface area contributed by atoms with E-state index in [9.17, 15) is 4.79 Å². The second-order valence-electron chi connectivity index (χ2n) is 6.60. The maximum Gasteiger partial charge on any atom is 0.228 e. The molecule has 0 fully saturated rings. The van der Waals surface area contributed by atoms with Crippen molar-refractivity contribution in [2.45, 2.75) is 57.5 Å². The molecule has 1 aromatic carbocycles. The van der Waals surface area contributed by atoms with Crippen LogP contribution in [-0.4, -0.2) is 20.7 Å². The van der Waals surface area contributed by atoms with Crippen LogP contribution in [-0.2, 0) is 24.2 Å². The van der Waals surface area contributed by atoms with Gasteiger partial charge >= 0.3 is 0 Å². The van der Waals surface area contributed by atoms with Crippen molar-refractivity contribution in [1.29, 1.82) is 0 Å². The molecular formula is C18H22N4O. The van der Waals surface area contributed by atoms with Crippen molar-refractivity contribution >= 4 is 5.91 Å². The lowest BCUT2D eigenvalue weighted by Gasteiger charge is -2.26. The SMILES string of the molecule is CC(NC(=O)C1CCCc2ccccc21)c1nnc2n1CCC2. The fourth-order valence-corrected chi connectivity index (χ4v) is 3.90. The Labute approximate surface area is 136 Å². The molecule has 2 atom stereocenters. The van der Waals surface area contributed by atoms with Gasteiger partial charge in [-0.05, 0) is 43.7 Å². The number of aromatic nitrogens is 3. The molecule has 1 aliphatic heterocycles. The first-order valence-electron chi connectivity index (χ1n) is 8.54. The molecule has 4 rings (SSSR count). The second-order valence-corrected chi connectivity index (χ2v) is 6.60. The largest absolute Gasteiger partial charge is 0.346 e. The standard InChI is InChI=1S/C18H22N4O/c1-12(17-21-20-16-10-5-11-22(16)17)19-18(23)15-9-4-7-13-6-2-3-8-14(13)15/h2-3,6,8,12,15H,4-5,7,9-11H2,1H3,(H,19,23). The molecule has 2 unspecified atom stereocenters. The summed E-state index contributed by atoms with van der Waals surface area (Å²) in [5.74, 6) is 2.00. The fourth-order valence-electron chi connectivity index (χ4n) is 3.90. The monoisotopic (exact) mass is 310 g/mol. The van der Waals surface area contributed by atoms with Crippen molar-refractivity contribution in [2.24, 2.45) is 0 Å². The smallest absolute Gasteiger partial charge is 0.228 e. The third kappa shape index (κ3) is 2.54. The number of rotatable bonds is 3. The van der Waals surface area contributed by atoms with Crippen LogP contribution in [0.4, 0.5) is 0 Å². The van der Waals surface area contributed by atoms with E-state index in [0.29, 0.717) is 0 Å². The molecule has 1 aliphatic carbocycles. The Morgan fingerprint density at radius 3 is 3.04 bits per heavy atom. The third-order valence-electron chi connectivity index (χ3n) is 5.07. The summed E-state index contributed by atoms with van der Waals surface area (Å²) in [6.07, 6.45) is 5.18. The van der Waals surface area contributed by atoms with E-state index >= 15 is 0 Å². The molecule has 5 heteroatoms. The van der Waals surface area contributed by atoms with Gasteiger partial charge in [0.1, 0.15) is 5.82 Å². The maximum absolute atomic E-state index is 12.8. The number of hydrogen-bond donors (Lipinski definition) is 1. The molecule has 1 amide bonds. The number of aryl methyl sites for hydroxylation is 2. The number of hydrogen-bond acceptors (Lipinski definition) is 3. The number of carbonyl (C=O) groups excluding carboxylic acids is 1. The zero-order valence-corrected chi connectivity index (χ0v) is 13.5. The lowest BCUT2D eigenvalue weighted by molar-refractivity contribution is -0.123. The van der Waals surface area contributed by atoms with Gasteiger partial charge in [0.05, 0.1) is 12.0 Å². The quantitative estimate of drug-likeness (QED) is 0.947. The first-order chi connectivity index (χ1) is 11.2. The van der Waals surface area contributed by atoms with Gasteiger partial charge < -0.3 is 9.88 Å².